The van der Waals surface area contributed by atoms with Gasteiger partial charge >= 0.3 is 5.97 Å². The second-order valence-corrected chi connectivity index (χ2v) is 2.69. The maximum absolute atomic E-state index is 10.5. The van der Waals surface area contributed by atoms with Crippen LogP contribution in [0.15, 0.2) is 31.1 Å². The monoisotopic (exact) mass is 190 g/mol. The molecule has 0 radical (unpaired) electrons. The highest BCUT2D eigenvalue weighted by Gasteiger charge is 2.04. The fourth-order valence-corrected chi connectivity index (χ4v) is 0.893. The summed E-state index contributed by atoms with van der Waals surface area (Å²) in [5.41, 5.74) is 0.928. The molecule has 0 aromatic carbocycles. The third-order valence-electron chi connectivity index (χ3n) is 1.62. The summed E-state index contributed by atoms with van der Waals surface area (Å²) in [4.78, 5) is 18.3. The minimum Gasteiger partial charge on any atom is -0.478 e. The van der Waals surface area contributed by atoms with E-state index in [1.165, 1.54) is 12.4 Å². The average Bonchev–Trinajstić information content (AvgIpc) is 2.18. The molecule has 0 aliphatic heterocycles. The number of aromatic nitrogens is 2. The van der Waals surface area contributed by atoms with Crippen LogP contribution in [-0.2, 0) is 0 Å². The van der Waals surface area contributed by atoms with Crippen LogP contribution >= 0.6 is 0 Å². The first kappa shape index (κ1) is 10.1. The molecule has 0 atom stereocenters. The molecule has 1 aromatic heterocycles. The SMILES string of the molecule is C=C/C=C(\C)c1ncc(C(=O)O)cn1. The number of hydrogen-bond donors (Lipinski definition) is 1. The molecule has 0 amide bonds. The predicted octanol–water partition coefficient (Wildman–Crippen LogP) is 1.76. The lowest BCUT2D eigenvalue weighted by Gasteiger charge is -1.98. The molecule has 1 heterocycles. The third-order valence-corrected chi connectivity index (χ3v) is 1.62. The lowest BCUT2D eigenvalue weighted by Crippen LogP contribution is -2.00. The second kappa shape index (κ2) is 4.32. The van der Waals surface area contributed by atoms with Gasteiger partial charge in [-0.2, -0.15) is 0 Å². The van der Waals surface area contributed by atoms with Crippen molar-refractivity contribution < 1.29 is 9.90 Å². The first-order valence-electron chi connectivity index (χ1n) is 4.00. The topological polar surface area (TPSA) is 63.1 Å². The molecule has 0 aliphatic rings. The highest BCUT2D eigenvalue weighted by molar-refractivity contribution is 5.86. The van der Waals surface area contributed by atoms with E-state index < -0.39 is 5.97 Å². The van der Waals surface area contributed by atoms with E-state index in [4.69, 9.17) is 5.11 Å². The second-order valence-electron chi connectivity index (χ2n) is 2.69. The van der Waals surface area contributed by atoms with Crippen LogP contribution in [0.25, 0.3) is 5.57 Å². The number of allylic oxidation sites excluding steroid dienone is 3. The number of carboxylic acids is 1. The molecule has 0 fully saturated rings. The van der Waals surface area contributed by atoms with Gasteiger partial charge in [-0.15, -0.1) is 0 Å². The van der Waals surface area contributed by atoms with Crippen LogP contribution in [0.2, 0.25) is 0 Å². The Morgan fingerprint density at radius 1 is 1.50 bits per heavy atom. The fraction of sp³-hybridized carbons (Fsp3) is 0.100. The highest BCUT2D eigenvalue weighted by atomic mass is 16.4. The molecular formula is C10H10N2O2. The van der Waals surface area contributed by atoms with Crippen molar-refractivity contribution in [2.75, 3.05) is 0 Å². The number of hydrogen-bond acceptors (Lipinski definition) is 3. The minimum atomic E-state index is -1.03. The van der Waals surface area contributed by atoms with E-state index in [0.717, 1.165) is 5.57 Å². The van der Waals surface area contributed by atoms with Crippen LogP contribution in [0.5, 0.6) is 0 Å². The van der Waals surface area contributed by atoms with Crippen molar-refractivity contribution >= 4 is 11.5 Å². The van der Waals surface area contributed by atoms with Gasteiger partial charge in [-0.1, -0.05) is 18.7 Å². The maximum atomic E-state index is 10.5. The van der Waals surface area contributed by atoms with Gasteiger partial charge < -0.3 is 5.11 Å². The quantitative estimate of drug-likeness (QED) is 0.737. The molecule has 72 valence electrons. The van der Waals surface area contributed by atoms with E-state index in [2.05, 4.69) is 16.5 Å². The molecule has 0 aliphatic carbocycles. The Kier molecular flexibility index (Phi) is 3.12. The van der Waals surface area contributed by atoms with Crippen LogP contribution < -0.4 is 0 Å². The molecule has 0 saturated carbocycles. The zero-order chi connectivity index (χ0) is 10.6. The van der Waals surface area contributed by atoms with Gasteiger partial charge in [-0.05, 0) is 12.5 Å². The number of carbonyl (C=O) groups is 1. The summed E-state index contributed by atoms with van der Waals surface area (Å²) >= 11 is 0. The van der Waals surface area contributed by atoms with Gasteiger partial charge in [0.1, 0.15) is 0 Å². The Hall–Kier alpha value is -1.97. The van der Waals surface area contributed by atoms with Gasteiger partial charge in [0.05, 0.1) is 5.56 Å². The van der Waals surface area contributed by atoms with E-state index in [9.17, 15) is 4.79 Å². The van der Waals surface area contributed by atoms with Crippen LogP contribution in [0.4, 0.5) is 0 Å². The molecule has 0 bridgehead atoms. The van der Waals surface area contributed by atoms with Crippen molar-refractivity contribution in [1.29, 1.82) is 0 Å². The van der Waals surface area contributed by atoms with Crippen molar-refractivity contribution in [3.05, 3.63) is 42.5 Å². The summed E-state index contributed by atoms with van der Waals surface area (Å²) in [5, 5.41) is 8.61. The van der Waals surface area contributed by atoms with E-state index >= 15 is 0 Å². The average molecular weight is 190 g/mol. The third kappa shape index (κ3) is 2.26. The normalized spacial score (nSPS) is 11.1. The zero-order valence-corrected chi connectivity index (χ0v) is 7.77. The highest BCUT2D eigenvalue weighted by Crippen LogP contribution is 2.07. The molecule has 0 spiro atoms. The minimum absolute atomic E-state index is 0.0835. The summed E-state index contributed by atoms with van der Waals surface area (Å²) < 4.78 is 0. The Morgan fingerprint density at radius 3 is 2.50 bits per heavy atom. The van der Waals surface area contributed by atoms with E-state index in [0.29, 0.717) is 5.82 Å². The summed E-state index contributed by atoms with van der Waals surface area (Å²) in [5.74, 6) is -0.517. The van der Waals surface area contributed by atoms with Gasteiger partial charge in [-0.25, -0.2) is 14.8 Å². The molecule has 0 saturated heterocycles. The Bertz CT molecular complexity index is 380. The Labute approximate surface area is 81.6 Å². The van der Waals surface area contributed by atoms with Gasteiger partial charge in [0, 0.05) is 12.4 Å². The van der Waals surface area contributed by atoms with E-state index in [-0.39, 0.29) is 5.56 Å². The molecule has 0 unspecified atom stereocenters. The summed E-state index contributed by atoms with van der Waals surface area (Å²) in [7, 11) is 0. The summed E-state index contributed by atoms with van der Waals surface area (Å²) in [6.07, 6.45) is 5.95. The van der Waals surface area contributed by atoms with Gasteiger partial charge in [-0.3, -0.25) is 0 Å². The van der Waals surface area contributed by atoms with Crippen LogP contribution in [0.1, 0.15) is 23.1 Å². The van der Waals surface area contributed by atoms with Crippen molar-refractivity contribution in [2.45, 2.75) is 6.92 Å². The molecule has 14 heavy (non-hydrogen) atoms. The smallest absolute Gasteiger partial charge is 0.338 e. The largest absolute Gasteiger partial charge is 0.478 e. The standard InChI is InChI=1S/C10H10N2O2/c1-3-4-7(2)9-11-5-8(6-12-9)10(13)14/h3-6H,1H2,2H3,(H,13,14)/b7-4+. The van der Waals surface area contributed by atoms with Gasteiger partial charge in [0.2, 0.25) is 0 Å². The summed E-state index contributed by atoms with van der Waals surface area (Å²) in [6.45, 7) is 5.38. The first-order chi connectivity index (χ1) is 6.65. The van der Waals surface area contributed by atoms with Crippen LogP contribution in [0, 0.1) is 0 Å². The van der Waals surface area contributed by atoms with Crippen molar-refractivity contribution in [3.8, 4) is 0 Å². The predicted molar refractivity (Wildman–Crippen MR) is 52.8 cm³/mol. The van der Waals surface area contributed by atoms with Gasteiger partial charge in [0.15, 0.2) is 5.82 Å². The summed E-state index contributed by atoms with van der Waals surface area (Å²) in [6, 6.07) is 0. The Morgan fingerprint density at radius 2 is 2.07 bits per heavy atom. The van der Waals surface area contributed by atoms with Crippen LogP contribution in [0.3, 0.4) is 0 Å². The van der Waals surface area contributed by atoms with E-state index in [1.807, 2.05) is 6.92 Å². The number of carboxylic acid groups (broad SMARTS) is 1. The number of rotatable bonds is 3. The van der Waals surface area contributed by atoms with Gasteiger partial charge in [0.25, 0.3) is 0 Å². The van der Waals surface area contributed by atoms with Crippen LogP contribution in [-0.4, -0.2) is 21.0 Å². The zero-order valence-electron chi connectivity index (χ0n) is 7.77. The van der Waals surface area contributed by atoms with Crippen molar-refractivity contribution in [3.63, 3.8) is 0 Å². The molecule has 4 nitrogen and oxygen atoms in total. The lowest BCUT2D eigenvalue weighted by molar-refractivity contribution is 0.0696. The number of nitrogens with zero attached hydrogens (tertiary/aromatic N) is 2. The maximum Gasteiger partial charge on any atom is 0.338 e. The molecular weight excluding hydrogens is 180 g/mol. The molecule has 1 rings (SSSR count). The first-order valence-corrected chi connectivity index (χ1v) is 4.00. The lowest BCUT2D eigenvalue weighted by atomic mass is 10.2. The molecule has 4 heteroatoms. The van der Waals surface area contributed by atoms with Crippen molar-refractivity contribution in [2.24, 2.45) is 0 Å². The molecule has 1 N–H and O–H groups in total. The molecule has 1 aromatic rings. The Balaban J connectivity index is 2.99. The van der Waals surface area contributed by atoms with E-state index in [1.54, 1.807) is 12.2 Å². The fourth-order valence-electron chi connectivity index (χ4n) is 0.893. The van der Waals surface area contributed by atoms with Crippen molar-refractivity contribution in [1.82, 2.24) is 9.97 Å². The number of aromatic carboxylic acids is 1.